The average Bonchev–Trinajstić information content (AvgIpc) is 3.50. The molecule has 0 radical (unpaired) electrons. The number of para-hydroxylation sites is 1. The maximum Gasteiger partial charge on any atom is 0.242 e. The molecule has 0 spiro atoms. The highest BCUT2D eigenvalue weighted by Crippen LogP contribution is 2.34. The lowest BCUT2D eigenvalue weighted by atomic mass is 10.0. The summed E-state index contributed by atoms with van der Waals surface area (Å²) >= 11 is 3.53. The quantitative estimate of drug-likeness (QED) is 0.257. The van der Waals surface area contributed by atoms with Gasteiger partial charge in [0, 0.05) is 51.4 Å². The number of hydrogen-bond donors (Lipinski definition) is 4. The minimum atomic E-state index is -0.217. The van der Waals surface area contributed by atoms with E-state index in [9.17, 15) is 9.59 Å². The van der Waals surface area contributed by atoms with E-state index < -0.39 is 0 Å². The predicted molar refractivity (Wildman–Crippen MR) is 173 cm³/mol. The lowest BCUT2D eigenvalue weighted by Gasteiger charge is -2.26. The molecule has 2 amide bonds. The Kier molecular flexibility index (Phi) is 8.99. The first-order chi connectivity index (χ1) is 19.6. The topological polar surface area (TPSA) is 85.5 Å². The number of carbonyl (C=O) groups excluding carboxylic acids is 2. The molecule has 3 aromatic rings. The van der Waals surface area contributed by atoms with Crippen molar-refractivity contribution in [2.45, 2.75) is 62.4 Å². The second-order valence-electron chi connectivity index (χ2n) is 11.6. The van der Waals surface area contributed by atoms with E-state index in [4.69, 9.17) is 0 Å². The molecule has 3 aromatic carbocycles. The van der Waals surface area contributed by atoms with Crippen LogP contribution in [0.2, 0.25) is 0 Å². The molecule has 2 saturated heterocycles. The summed E-state index contributed by atoms with van der Waals surface area (Å²) in [5.74, 6) is 1.57. The second kappa shape index (κ2) is 12.5. The number of amides is 2. The zero-order chi connectivity index (χ0) is 29.0. The predicted octanol–water partition coefficient (Wildman–Crippen LogP) is 5.65. The molecule has 41 heavy (non-hydrogen) atoms. The first kappa shape index (κ1) is 29.5. The zero-order valence-electron chi connectivity index (χ0n) is 24.1. The fourth-order valence-electron chi connectivity index (χ4n) is 5.23. The van der Waals surface area contributed by atoms with Gasteiger partial charge in [0.05, 0.1) is 0 Å². The third-order valence-electron chi connectivity index (χ3n) is 7.69. The molecule has 2 aliphatic heterocycles. The fraction of sp³-hybridized carbons (Fsp3) is 0.375. The van der Waals surface area contributed by atoms with Crippen molar-refractivity contribution in [3.05, 3.63) is 90.0 Å². The summed E-state index contributed by atoms with van der Waals surface area (Å²) in [6.07, 6.45) is 0. The molecule has 216 valence electrons. The minimum Gasteiger partial charge on any atom is -0.363 e. The van der Waals surface area contributed by atoms with Crippen LogP contribution in [0.25, 0.3) is 0 Å². The Morgan fingerprint density at radius 1 is 0.707 bits per heavy atom. The minimum absolute atomic E-state index is 0.000375. The summed E-state index contributed by atoms with van der Waals surface area (Å²) in [5.41, 5.74) is 5.02. The number of rotatable bonds is 9. The van der Waals surface area contributed by atoms with E-state index in [-0.39, 0.29) is 33.4 Å². The van der Waals surface area contributed by atoms with Crippen molar-refractivity contribution in [2.75, 3.05) is 27.3 Å². The lowest BCUT2D eigenvalue weighted by molar-refractivity contribution is -0.119. The summed E-state index contributed by atoms with van der Waals surface area (Å²) in [7, 11) is 0. The van der Waals surface area contributed by atoms with Crippen molar-refractivity contribution in [1.29, 1.82) is 0 Å². The summed E-state index contributed by atoms with van der Waals surface area (Å²) in [5, 5.41) is 12.7. The number of anilines is 3. The molecule has 2 fully saturated rings. The number of thioether (sulfide) groups is 2. The van der Waals surface area contributed by atoms with Gasteiger partial charge in [-0.25, -0.2) is 0 Å². The van der Waals surface area contributed by atoms with Gasteiger partial charge in [-0.1, -0.05) is 42.5 Å². The number of carbonyl (C=O) groups is 2. The Hall–Kier alpha value is -2.98. The van der Waals surface area contributed by atoms with Crippen LogP contribution in [0.3, 0.4) is 0 Å². The van der Waals surface area contributed by atoms with Gasteiger partial charge in [-0.2, -0.15) is 0 Å². The van der Waals surface area contributed by atoms with Crippen LogP contribution in [0.4, 0.5) is 17.1 Å². The molecular weight excluding hydrogens is 551 g/mol. The number of benzene rings is 3. The molecule has 0 bridgehead atoms. The molecule has 7 nitrogen and oxygen atoms in total. The van der Waals surface area contributed by atoms with Crippen molar-refractivity contribution in [3.63, 3.8) is 0 Å². The molecule has 0 aromatic heterocycles. The first-order valence-corrected chi connectivity index (χ1v) is 15.9. The Balaban J connectivity index is 1.23. The van der Waals surface area contributed by atoms with Crippen LogP contribution in [-0.4, -0.2) is 45.1 Å². The van der Waals surface area contributed by atoms with E-state index in [2.05, 4.69) is 90.3 Å². The number of nitrogens with one attached hydrogen (secondary N) is 4. The second-order valence-corrected chi connectivity index (χ2v) is 14.9. The van der Waals surface area contributed by atoms with Crippen molar-refractivity contribution in [2.24, 2.45) is 0 Å². The van der Waals surface area contributed by atoms with E-state index >= 15 is 0 Å². The third-order valence-corrected chi connectivity index (χ3v) is 10.3. The highest BCUT2D eigenvalue weighted by atomic mass is 32.2. The van der Waals surface area contributed by atoms with Crippen molar-refractivity contribution in [1.82, 2.24) is 10.6 Å². The molecule has 0 unspecified atom stereocenters. The van der Waals surface area contributed by atoms with Crippen LogP contribution in [0.15, 0.2) is 78.9 Å². The van der Waals surface area contributed by atoms with Crippen LogP contribution in [-0.2, 0) is 22.7 Å². The van der Waals surface area contributed by atoms with E-state index in [0.29, 0.717) is 13.1 Å². The van der Waals surface area contributed by atoms with Gasteiger partial charge >= 0.3 is 0 Å². The smallest absolute Gasteiger partial charge is 0.242 e. The summed E-state index contributed by atoms with van der Waals surface area (Å²) < 4.78 is -0.263. The average molecular weight is 590 g/mol. The summed E-state index contributed by atoms with van der Waals surface area (Å²) in [6, 6.07) is 26.1. The van der Waals surface area contributed by atoms with Gasteiger partial charge in [-0.15, -0.1) is 23.5 Å². The Morgan fingerprint density at radius 2 is 1.12 bits per heavy atom. The fourth-order valence-corrected chi connectivity index (χ4v) is 7.19. The van der Waals surface area contributed by atoms with Crippen LogP contribution >= 0.6 is 23.5 Å². The Bertz CT molecular complexity index is 1260. The van der Waals surface area contributed by atoms with Gasteiger partial charge in [0.2, 0.25) is 11.8 Å². The molecule has 9 heteroatoms. The van der Waals surface area contributed by atoms with E-state index in [1.165, 1.54) is 0 Å². The zero-order valence-corrected chi connectivity index (χ0v) is 25.7. The van der Waals surface area contributed by atoms with Gasteiger partial charge in [0.1, 0.15) is 12.1 Å². The molecule has 0 aliphatic carbocycles. The number of hydrogen-bond acceptors (Lipinski definition) is 7. The van der Waals surface area contributed by atoms with Crippen LogP contribution in [0.1, 0.15) is 38.8 Å². The highest BCUT2D eigenvalue weighted by molar-refractivity contribution is 8.01. The molecule has 0 saturated carbocycles. The van der Waals surface area contributed by atoms with Gasteiger partial charge in [-0.05, 0) is 75.2 Å². The SMILES string of the molecule is CC1(C)SCN[C@@H]1C(=O)Nc1ccc(CN(Cc2ccc(NC(=O)[C@H]3NCSC3(C)C)cc2)c2ccccc2)cc1. The summed E-state index contributed by atoms with van der Waals surface area (Å²) in [4.78, 5) is 28.0. The van der Waals surface area contributed by atoms with Crippen LogP contribution in [0.5, 0.6) is 0 Å². The van der Waals surface area contributed by atoms with Crippen LogP contribution < -0.4 is 26.2 Å². The Labute approximate surface area is 251 Å². The van der Waals surface area contributed by atoms with E-state index in [1.54, 1.807) is 23.5 Å². The third kappa shape index (κ3) is 7.27. The first-order valence-electron chi connectivity index (χ1n) is 13.9. The van der Waals surface area contributed by atoms with Gasteiger partial charge in [0.25, 0.3) is 0 Å². The van der Waals surface area contributed by atoms with E-state index in [1.807, 2.05) is 42.5 Å². The Morgan fingerprint density at radius 3 is 1.49 bits per heavy atom. The maximum absolute atomic E-state index is 12.8. The van der Waals surface area contributed by atoms with E-state index in [0.717, 1.165) is 39.9 Å². The summed E-state index contributed by atoms with van der Waals surface area (Å²) in [6.45, 7) is 9.82. The van der Waals surface area contributed by atoms with Gasteiger partial charge in [-0.3, -0.25) is 20.2 Å². The molecule has 2 aliphatic rings. The monoisotopic (exact) mass is 589 g/mol. The maximum atomic E-state index is 12.8. The molecular formula is C32H39N5O2S2. The molecule has 2 atom stereocenters. The number of nitrogens with zero attached hydrogens (tertiary/aromatic N) is 1. The van der Waals surface area contributed by atoms with Gasteiger partial charge in [0.15, 0.2) is 0 Å². The van der Waals surface area contributed by atoms with Crippen LogP contribution in [0, 0.1) is 0 Å². The lowest BCUT2D eigenvalue weighted by Crippen LogP contribution is -2.46. The normalized spacial score (nSPS) is 20.9. The van der Waals surface area contributed by atoms with Crippen molar-refractivity contribution < 1.29 is 9.59 Å². The van der Waals surface area contributed by atoms with Gasteiger partial charge < -0.3 is 15.5 Å². The van der Waals surface area contributed by atoms with Crippen molar-refractivity contribution in [3.8, 4) is 0 Å². The van der Waals surface area contributed by atoms with Crippen molar-refractivity contribution >= 4 is 52.4 Å². The standard InChI is InChI=1S/C32H39N5O2S2/c1-31(2)27(33-20-40-31)29(38)35-24-14-10-22(11-15-24)18-37(26-8-6-5-7-9-26)19-23-12-16-25(17-13-23)36-30(39)28-32(3,4)41-21-34-28/h5-17,27-28,33-34H,18-21H2,1-4H3,(H,35,38)(H,36,39)/t27-,28-/m1/s1. The molecule has 2 heterocycles. The molecule has 5 rings (SSSR count). The largest absolute Gasteiger partial charge is 0.363 e. The molecule has 4 N–H and O–H groups in total. The highest BCUT2D eigenvalue weighted by Gasteiger charge is 2.41.